The summed E-state index contributed by atoms with van der Waals surface area (Å²) in [6, 6.07) is 14.3. The SMILES string of the molecule is CN(C)C(=O)C1CCN(C(=O)Cc2cccc3ccccc23)CC1. The van der Waals surface area contributed by atoms with Crippen LogP contribution in [0.2, 0.25) is 0 Å². The van der Waals surface area contributed by atoms with Gasteiger partial charge in [0.15, 0.2) is 0 Å². The van der Waals surface area contributed by atoms with Crippen molar-refractivity contribution in [2.75, 3.05) is 27.2 Å². The average molecular weight is 324 g/mol. The maximum Gasteiger partial charge on any atom is 0.227 e. The normalized spacial score (nSPS) is 15.5. The van der Waals surface area contributed by atoms with Crippen LogP contribution in [0.15, 0.2) is 42.5 Å². The lowest BCUT2D eigenvalue weighted by atomic mass is 9.94. The van der Waals surface area contributed by atoms with E-state index in [1.807, 2.05) is 29.2 Å². The molecule has 0 saturated carbocycles. The number of rotatable bonds is 3. The number of piperidine rings is 1. The number of carbonyl (C=O) groups excluding carboxylic acids is 2. The van der Waals surface area contributed by atoms with Crippen LogP contribution in [-0.2, 0) is 16.0 Å². The van der Waals surface area contributed by atoms with E-state index >= 15 is 0 Å². The summed E-state index contributed by atoms with van der Waals surface area (Å²) < 4.78 is 0. The van der Waals surface area contributed by atoms with Crippen LogP contribution in [0.3, 0.4) is 0 Å². The summed E-state index contributed by atoms with van der Waals surface area (Å²) in [5, 5.41) is 2.31. The molecule has 4 nitrogen and oxygen atoms in total. The molecule has 0 aliphatic carbocycles. The fraction of sp³-hybridized carbons (Fsp3) is 0.400. The molecule has 0 N–H and O–H groups in total. The highest BCUT2D eigenvalue weighted by Crippen LogP contribution is 2.22. The molecule has 126 valence electrons. The van der Waals surface area contributed by atoms with Crippen molar-refractivity contribution >= 4 is 22.6 Å². The van der Waals surface area contributed by atoms with Crippen molar-refractivity contribution in [2.24, 2.45) is 5.92 Å². The van der Waals surface area contributed by atoms with Crippen molar-refractivity contribution in [3.63, 3.8) is 0 Å². The van der Waals surface area contributed by atoms with E-state index in [4.69, 9.17) is 0 Å². The van der Waals surface area contributed by atoms with Crippen LogP contribution in [0.5, 0.6) is 0 Å². The Morgan fingerprint density at radius 3 is 2.42 bits per heavy atom. The molecule has 3 rings (SSSR count). The van der Waals surface area contributed by atoms with Gasteiger partial charge in [-0.25, -0.2) is 0 Å². The van der Waals surface area contributed by atoms with Crippen LogP contribution in [0.1, 0.15) is 18.4 Å². The van der Waals surface area contributed by atoms with Gasteiger partial charge in [0.05, 0.1) is 6.42 Å². The predicted octanol–water partition coefficient (Wildman–Crippen LogP) is 2.71. The summed E-state index contributed by atoms with van der Waals surface area (Å²) in [4.78, 5) is 28.2. The van der Waals surface area contributed by atoms with Crippen molar-refractivity contribution in [1.29, 1.82) is 0 Å². The molecule has 0 radical (unpaired) electrons. The van der Waals surface area contributed by atoms with E-state index in [1.165, 1.54) is 0 Å². The minimum atomic E-state index is 0.0570. The fourth-order valence-electron chi connectivity index (χ4n) is 3.46. The van der Waals surface area contributed by atoms with Gasteiger partial charge in [-0.05, 0) is 29.2 Å². The van der Waals surface area contributed by atoms with Crippen molar-refractivity contribution in [3.8, 4) is 0 Å². The Labute approximate surface area is 143 Å². The van der Waals surface area contributed by atoms with Crippen LogP contribution in [0, 0.1) is 5.92 Å². The highest BCUT2D eigenvalue weighted by Gasteiger charge is 2.28. The zero-order chi connectivity index (χ0) is 17.1. The third-order valence-corrected chi connectivity index (χ3v) is 4.86. The fourth-order valence-corrected chi connectivity index (χ4v) is 3.46. The molecular weight excluding hydrogens is 300 g/mol. The summed E-state index contributed by atoms with van der Waals surface area (Å²) in [6.45, 7) is 1.35. The highest BCUT2D eigenvalue weighted by atomic mass is 16.2. The van der Waals surface area contributed by atoms with E-state index in [0.717, 1.165) is 29.2 Å². The van der Waals surface area contributed by atoms with Crippen molar-refractivity contribution in [2.45, 2.75) is 19.3 Å². The monoisotopic (exact) mass is 324 g/mol. The molecule has 1 aliphatic heterocycles. The van der Waals surface area contributed by atoms with Crippen LogP contribution < -0.4 is 0 Å². The maximum atomic E-state index is 12.7. The molecule has 24 heavy (non-hydrogen) atoms. The first-order chi connectivity index (χ1) is 11.6. The quantitative estimate of drug-likeness (QED) is 0.871. The zero-order valence-corrected chi connectivity index (χ0v) is 14.4. The number of nitrogens with zero attached hydrogens (tertiary/aromatic N) is 2. The number of amides is 2. The summed E-state index contributed by atoms with van der Waals surface area (Å²) in [5.41, 5.74) is 1.07. The molecule has 2 aromatic carbocycles. The largest absolute Gasteiger partial charge is 0.349 e. The van der Waals surface area contributed by atoms with Crippen LogP contribution in [0.4, 0.5) is 0 Å². The van der Waals surface area contributed by atoms with Gasteiger partial charge in [0.2, 0.25) is 11.8 Å². The lowest BCUT2D eigenvalue weighted by Gasteiger charge is -2.32. The number of hydrogen-bond donors (Lipinski definition) is 0. The van der Waals surface area contributed by atoms with Gasteiger partial charge in [0, 0.05) is 33.1 Å². The van der Waals surface area contributed by atoms with Crippen molar-refractivity contribution in [3.05, 3.63) is 48.0 Å². The second-order valence-corrected chi connectivity index (χ2v) is 6.70. The molecular formula is C20H24N2O2. The lowest BCUT2D eigenvalue weighted by molar-refractivity contribution is -0.138. The number of fused-ring (bicyclic) bond motifs is 1. The van der Waals surface area contributed by atoms with Gasteiger partial charge in [-0.2, -0.15) is 0 Å². The number of benzene rings is 2. The second-order valence-electron chi connectivity index (χ2n) is 6.70. The first-order valence-corrected chi connectivity index (χ1v) is 8.52. The summed E-state index contributed by atoms with van der Waals surface area (Å²) in [7, 11) is 3.58. The topological polar surface area (TPSA) is 40.6 Å². The smallest absolute Gasteiger partial charge is 0.227 e. The minimum Gasteiger partial charge on any atom is -0.349 e. The second kappa shape index (κ2) is 7.04. The number of likely N-dealkylation sites (tertiary alicyclic amines) is 1. The molecule has 0 bridgehead atoms. The van der Waals surface area contributed by atoms with Crippen molar-refractivity contribution in [1.82, 2.24) is 9.80 Å². The van der Waals surface area contributed by atoms with Gasteiger partial charge in [-0.15, -0.1) is 0 Å². The molecule has 2 aromatic rings. The van der Waals surface area contributed by atoms with Gasteiger partial charge < -0.3 is 9.80 Å². The van der Waals surface area contributed by atoms with E-state index in [0.29, 0.717) is 19.5 Å². The van der Waals surface area contributed by atoms with Crippen molar-refractivity contribution < 1.29 is 9.59 Å². The Kier molecular flexibility index (Phi) is 4.84. The van der Waals surface area contributed by atoms with E-state index in [1.54, 1.807) is 19.0 Å². The Balaban J connectivity index is 1.65. The van der Waals surface area contributed by atoms with Gasteiger partial charge in [-0.1, -0.05) is 42.5 Å². The molecule has 0 spiro atoms. The highest BCUT2D eigenvalue weighted by molar-refractivity contribution is 5.90. The van der Waals surface area contributed by atoms with Gasteiger partial charge in [0.25, 0.3) is 0 Å². The standard InChI is InChI=1S/C20H24N2O2/c1-21(2)20(24)16-10-12-22(13-11-16)19(23)14-17-8-5-7-15-6-3-4-9-18(15)17/h3-9,16H,10-14H2,1-2H3. The zero-order valence-electron chi connectivity index (χ0n) is 14.4. The molecule has 1 aliphatic rings. The molecule has 0 unspecified atom stereocenters. The van der Waals surface area contributed by atoms with E-state index < -0.39 is 0 Å². The van der Waals surface area contributed by atoms with E-state index in [2.05, 4.69) is 18.2 Å². The van der Waals surface area contributed by atoms with Gasteiger partial charge in [-0.3, -0.25) is 9.59 Å². The Hall–Kier alpha value is -2.36. The maximum absolute atomic E-state index is 12.7. The summed E-state index contributed by atoms with van der Waals surface area (Å²) in [5.74, 6) is 0.389. The number of carbonyl (C=O) groups is 2. The molecule has 1 fully saturated rings. The predicted molar refractivity (Wildman–Crippen MR) is 95.7 cm³/mol. The first kappa shape index (κ1) is 16.5. The Morgan fingerprint density at radius 2 is 1.71 bits per heavy atom. The first-order valence-electron chi connectivity index (χ1n) is 8.52. The minimum absolute atomic E-state index is 0.0570. The van der Waals surface area contributed by atoms with Gasteiger partial charge >= 0.3 is 0 Å². The third-order valence-electron chi connectivity index (χ3n) is 4.86. The van der Waals surface area contributed by atoms with Crippen LogP contribution >= 0.6 is 0 Å². The molecule has 4 heteroatoms. The van der Waals surface area contributed by atoms with Crippen LogP contribution in [0.25, 0.3) is 10.8 Å². The number of hydrogen-bond acceptors (Lipinski definition) is 2. The molecule has 1 heterocycles. The van der Waals surface area contributed by atoms with Gasteiger partial charge in [0.1, 0.15) is 0 Å². The molecule has 0 aromatic heterocycles. The lowest BCUT2D eigenvalue weighted by Crippen LogP contribution is -2.43. The van der Waals surface area contributed by atoms with Crippen LogP contribution in [-0.4, -0.2) is 48.8 Å². The average Bonchev–Trinajstić information content (AvgIpc) is 2.61. The third kappa shape index (κ3) is 3.42. The summed E-state index contributed by atoms with van der Waals surface area (Å²) in [6.07, 6.45) is 1.95. The molecule has 2 amide bonds. The molecule has 1 saturated heterocycles. The summed E-state index contributed by atoms with van der Waals surface area (Å²) >= 11 is 0. The molecule has 0 atom stereocenters. The Bertz CT molecular complexity index is 741. The van der Waals surface area contributed by atoms with E-state index in [-0.39, 0.29) is 17.7 Å². The van der Waals surface area contributed by atoms with E-state index in [9.17, 15) is 9.59 Å². The Morgan fingerprint density at radius 1 is 1.04 bits per heavy atom.